The molecule has 0 aromatic rings. The van der Waals surface area contributed by atoms with Gasteiger partial charge in [0.1, 0.15) is 0 Å². The second-order valence-corrected chi connectivity index (χ2v) is 6.26. The van der Waals surface area contributed by atoms with Crippen LogP contribution in [0, 0.1) is 0 Å². The summed E-state index contributed by atoms with van der Waals surface area (Å²) in [4.78, 5) is 2.03. The third kappa shape index (κ3) is 22.9. The van der Waals surface area contributed by atoms with Gasteiger partial charge in [0, 0.05) is 52.0 Å². The summed E-state index contributed by atoms with van der Waals surface area (Å²) in [5.41, 5.74) is 0. The van der Waals surface area contributed by atoms with E-state index < -0.39 is 0 Å². The number of unbranched alkanes of at least 4 members (excludes halogenated alkanes) is 5. The van der Waals surface area contributed by atoms with Gasteiger partial charge in [0.2, 0.25) is 0 Å². The van der Waals surface area contributed by atoms with Crippen LogP contribution in [0.1, 0.15) is 57.8 Å². The highest BCUT2D eigenvalue weighted by molar-refractivity contribution is 4.78. The van der Waals surface area contributed by atoms with Crippen LogP contribution in [0.3, 0.4) is 0 Å². The first-order valence-corrected chi connectivity index (χ1v) is 9.61. The summed E-state index contributed by atoms with van der Waals surface area (Å²) < 4.78 is 0. The average Bonchev–Trinajstić information content (AvgIpc) is 3.44. The van der Waals surface area contributed by atoms with Crippen molar-refractivity contribution in [3.8, 4) is 0 Å². The van der Waals surface area contributed by atoms with E-state index in [2.05, 4.69) is 16.0 Å². The van der Waals surface area contributed by atoms with Gasteiger partial charge in [-0.05, 0) is 12.8 Å². The predicted octanol–water partition coefficient (Wildman–Crippen LogP) is 2.49. The number of nitrogens with zero attached hydrogens (tertiary/aromatic N) is 1. The third-order valence-electron chi connectivity index (χ3n) is 3.53. The van der Waals surface area contributed by atoms with E-state index in [4.69, 9.17) is 5.11 Å². The molecule has 0 aromatic heterocycles. The molecule has 1 saturated carbocycles. The minimum Gasteiger partial charge on any atom is -0.444 e. The molecule has 0 aromatic carbocycles. The van der Waals surface area contributed by atoms with Crippen LogP contribution >= 0.6 is 0 Å². The molecule has 0 atom stereocenters. The quantitative estimate of drug-likeness (QED) is 0.316. The Labute approximate surface area is 149 Å². The van der Waals surface area contributed by atoms with Crippen LogP contribution in [0.2, 0.25) is 0 Å². The lowest BCUT2D eigenvalue weighted by Gasteiger charge is -2.09. The molecule has 0 saturated heterocycles. The highest BCUT2D eigenvalue weighted by Gasteiger charge is 1.95. The molecule has 0 amide bonds. The molecule has 1 aliphatic carbocycles. The lowest BCUT2D eigenvalue weighted by Crippen LogP contribution is -2.17. The third-order valence-corrected chi connectivity index (χ3v) is 3.53. The summed E-state index contributed by atoms with van der Waals surface area (Å²) in [5, 5.41) is 16.6. The van der Waals surface area contributed by atoms with E-state index in [1.165, 1.54) is 57.8 Å². The van der Waals surface area contributed by atoms with Crippen molar-refractivity contribution in [3.05, 3.63) is 24.8 Å². The lowest BCUT2D eigenvalue weighted by atomic mass is 10.1. The van der Waals surface area contributed by atoms with Crippen LogP contribution in [0.25, 0.3) is 0 Å². The topological polar surface area (TPSA) is 62.2 Å². The fourth-order valence-electron chi connectivity index (χ4n) is 1.90. The first kappa shape index (κ1) is 22.6. The van der Waals surface area contributed by atoms with E-state index in [0.717, 1.165) is 19.6 Å². The molecule has 1 aliphatic rings. The van der Waals surface area contributed by atoms with Gasteiger partial charge >= 0.3 is 0 Å². The van der Waals surface area contributed by atoms with Crippen LogP contribution in [-0.2, 0) is 0 Å². The van der Waals surface area contributed by atoms with Crippen molar-refractivity contribution >= 4 is 0 Å². The van der Waals surface area contributed by atoms with Gasteiger partial charge in [-0.3, -0.25) is 0 Å². The van der Waals surface area contributed by atoms with Crippen molar-refractivity contribution in [2.45, 2.75) is 57.8 Å². The minimum atomic E-state index is 0.447. The molecule has 24 heavy (non-hydrogen) atoms. The zero-order chi connectivity index (χ0) is 17.7. The zero-order valence-corrected chi connectivity index (χ0v) is 15.9. The Kier molecular flexibility index (Phi) is 18.6. The molecule has 142 valence electrons. The maximum atomic E-state index is 7.11. The SMILES string of the molecule is C1CC1.CN/C=C\NCCCCCCCCN/C=C\N(C)CC[OH2+]. The Morgan fingerprint density at radius 2 is 1.38 bits per heavy atom. The van der Waals surface area contributed by atoms with Crippen molar-refractivity contribution < 1.29 is 5.11 Å². The second-order valence-electron chi connectivity index (χ2n) is 6.26. The largest absolute Gasteiger partial charge is 0.444 e. The molecule has 0 unspecified atom stereocenters. The van der Waals surface area contributed by atoms with E-state index in [0.29, 0.717) is 6.61 Å². The maximum Gasteiger partial charge on any atom is 0.161 e. The summed E-state index contributed by atoms with van der Waals surface area (Å²) in [6.45, 7) is 3.35. The first-order chi connectivity index (χ1) is 11.8. The van der Waals surface area contributed by atoms with Gasteiger partial charge in [-0.1, -0.05) is 44.9 Å². The number of hydrogen-bond donors (Lipinski definition) is 3. The molecule has 0 spiro atoms. The van der Waals surface area contributed by atoms with Crippen molar-refractivity contribution in [2.24, 2.45) is 0 Å². The highest BCUT2D eigenvalue weighted by Crippen LogP contribution is 2.14. The molecule has 0 heterocycles. The monoisotopic (exact) mass is 341 g/mol. The van der Waals surface area contributed by atoms with Gasteiger partial charge < -0.3 is 26.0 Å². The Morgan fingerprint density at radius 3 is 1.88 bits per heavy atom. The highest BCUT2D eigenvalue weighted by atomic mass is 16.3. The van der Waals surface area contributed by atoms with Crippen LogP contribution in [0.4, 0.5) is 0 Å². The van der Waals surface area contributed by atoms with Crippen LogP contribution < -0.4 is 16.0 Å². The Balaban J connectivity index is 0.00000157. The van der Waals surface area contributed by atoms with Gasteiger partial charge in [0.25, 0.3) is 0 Å². The Bertz CT molecular complexity index is 290. The Morgan fingerprint density at radius 1 is 0.833 bits per heavy atom. The molecule has 5 heteroatoms. The van der Waals surface area contributed by atoms with E-state index in [1.54, 1.807) is 0 Å². The molecular weight excluding hydrogens is 300 g/mol. The number of nitrogens with one attached hydrogen (secondary N) is 3. The molecule has 0 aliphatic heterocycles. The maximum absolute atomic E-state index is 7.11. The summed E-state index contributed by atoms with van der Waals surface area (Å²) >= 11 is 0. The second kappa shape index (κ2) is 19.7. The average molecular weight is 342 g/mol. The zero-order valence-electron chi connectivity index (χ0n) is 15.9. The van der Waals surface area contributed by atoms with Gasteiger partial charge in [-0.2, -0.15) is 0 Å². The number of hydrogen-bond acceptors (Lipinski definition) is 4. The minimum absolute atomic E-state index is 0.447. The smallest absolute Gasteiger partial charge is 0.161 e. The summed E-state index contributed by atoms with van der Waals surface area (Å²) in [7, 11) is 3.90. The fraction of sp³-hybridized carbons (Fsp3) is 0.789. The van der Waals surface area contributed by atoms with Gasteiger partial charge in [-0.15, -0.1) is 0 Å². The van der Waals surface area contributed by atoms with Gasteiger partial charge in [0.15, 0.2) is 6.61 Å². The van der Waals surface area contributed by atoms with E-state index in [1.807, 2.05) is 43.8 Å². The van der Waals surface area contributed by atoms with Gasteiger partial charge in [-0.25, -0.2) is 0 Å². The summed E-state index contributed by atoms with van der Waals surface area (Å²) in [5.74, 6) is 0. The summed E-state index contributed by atoms with van der Waals surface area (Å²) in [6, 6.07) is 0. The number of likely N-dealkylation sites (N-methyl/N-ethyl adjacent to an activating group) is 1. The molecular formula is C19H41N4O+. The van der Waals surface area contributed by atoms with E-state index in [-0.39, 0.29) is 0 Å². The standard InChI is InChI=1S/C16H34N4O.C3H6/c1-17-11-12-18-9-7-5-3-4-6-8-10-19-13-14-20(2)15-16-21;1-2-3-1/h11-14,17-19,21H,3-10,15-16H2,1-2H3;1-3H2/p+1/b12-11-,14-13-;. The van der Waals surface area contributed by atoms with E-state index >= 15 is 0 Å². The van der Waals surface area contributed by atoms with Gasteiger partial charge in [0.05, 0.1) is 6.54 Å². The normalized spacial score (nSPS) is 12.8. The predicted molar refractivity (Wildman–Crippen MR) is 106 cm³/mol. The van der Waals surface area contributed by atoms with Crippen LogP contribution in [-0.4, -0.2) is 50.3 Å². The molecule has 1 fully saturated rings. The number of rotatable bonds is 15. The van der Waals surface area contributed by atoms with Crippen LogP contribution in [0.5, 0.6) is 0 Å². The van der Waals surface area contributed by atoms with Crippen molar-refractivity contribution in [1.29, 1.82) is 0 Å². The first-order valence-electron chi connectivity index (χ1n) is 9.61. The molecule has 5 N–H and O–H groups in total. The van der Waals surface area contributed by atoms with Crippen molar-refractivity contribution in [2.75, 3.05) is 40.3 Å². The lowest BCUT2D eigenvalue weighted by molar-refractivity contribution is 0.254. The molecule has 0 bridgehead atoms. The van der Waals surface area contributed by atoms with E-state index in [9.17, 15) is 0 Å². The molecule has 5 nitrogen and oxygen atoms in total. The molecule has 0 radical (unpaired) electrons. The van der Waals surface area contributed by atoms with Crippen molar-refractivity contribution in [1.82, 2.24) is 20.9 Å². The summed E-state index contributed by atoms with van der Waals surface area (Å²) in [6.07, 6.45) is 20.1. The fourth-order valence-corrected chi connectivity index (χ4v) is 1.90. The van der Waals surface area contributed by atoms with Crippen LogP contribution in [0.15, 0.2) is 24.8 Å². The Hall–Kier alpha value is -1.36. The van der Waals surface area contributed by atoms with Crippen molar-refractivity contribution in [3.63, 3.8) is 0 Å². The molecule has 1 rings (SSSR count).